The number of ketones is 1. The fourth-order valence-electron chi connectivity index (χ4n) is 2.77. The Balaban J connectivity index is 1.83. The van der Waals surface area contributed by atoms with E-state index in [-0.39, 0.29) is 11.4 Å². The van der Waals surface area contributed by atoms with Crippen molar-refractivity contribution >= 4 is 44.1 Å². The molecule has 7 heteroatoms. The fraction of sp³-hybridized carbons (Fsp3) is 0. The van der Waals surface area contributed by atoms with Crippen molar-refractivity contribution in [3.8, 4) is 0 Å². The summed E-state index contributed by atoms with van der Waals surface area (Å²) in [7, 11) is 0. The lowest BCUT2D eigenvalue weighted by molar-refractivity contribution is 0.106. The van der Waals surface area contributed by atoms with Crippen LogP contribution in [0, 0.1) is 0 Å². The van der Waals surface area contributed by atoms with E-state index in [9.17, 15) is 9.59 Å². The van der Waals surface area contributed by atoms with Gasteiger partial charge in [-0.2, -0.15) is 5.10 Å². The van der Waals surface area contributed by atoms with Crippen molar-refractivity contribution in [1.82, 2.24) is 9.97 Å². The third-order valence-electron chi connectivity index (χ3n) is 4.22. The molecule has 1 heterocycles. The van der Waals surface area contributed by atoms with Crippen LogP contribution in [0.5, 0.6) is 0 Å². The summed E-state index contributed by atoms with van der Waals surface area (Å²) in [5.41, 5.74) is 4.50. The van der Waals surface area contributed by atoms with Crippen molar-refractivity contribution in [2.75, 3.05) is 5.43 Å². The first kappa shape index (κ1) is 18.8. The molecule has 1 aromatic heterocycles. The molecule has 0 radical (unpaired) electrons. The molecule has 6 nitrogen and oxygen atoms in total. The number of rotatable bonds is 5. The van der Waals surface area contributed by atoms with Crippen LogP contribution in [0.25, 0.3) is 11.0 Å². The fourth-order valence-corrected chi connectivity index (χ4v) is 3.04. The van der Waals surface area contributed by atoms with Gasteiger partial charge in [-0.05, 0) is 48.5 Å². The molecule has 0 spiro atoms. The molecule has 0 fully saturated rings. The van der Waals surface area contributed by atoms with Crippen LogP contribution in [0.15, 0.2) is 93.2 Å². The molecular formula is C22H15BrN4O2. The number of benzene rings is 3. The van der Waals surface area contributed by atoms with E-state index in [1.807, 2.05) is 36.4 Å². The molecule has 0 saturated carbocycles. The van der Waals surface area contributed by atoms with Crippen LogP contribution < -0.4 is 11.0 Å². The van der Waals surface area contributed by atoms with Crippen molar-refractivity contribution in [2.24, 2.45) is 5.10 Å². The normalized spacial score (nSPS) is 11.4. The van der Waals surface area contributed by atoms with E-state index in [4.69, 9.17) is 0 Å². The molecule has 0 amide bonds. The Kier molecular flexibility index (Phi) is 5.31. The number of carbonyl (C=O) groups is 1. The highest BCUT2D eigenvalue weighted by molar-refractivity contribution is 9.10. The number of carbonyl (C=O) groups excluding carboxylic acids is 1. The number of hydrazone groups is 1. The molecule has 142 valence electrons. The SMILES string of the molecule is O=C(/C(=N/Nc1ccccc1)c1nc2ccccc2[nH]c1=O)c1ccc(Br)cc1. The van der Waals surface area contributed by atoms with Crippen molar-refractivity contribution in [3.63, 3.8) is 0 Å². The number of halogens is 1. The van der Waals surface area contributed by atoms with Gasteiger partial charge in [0.15, 0.2) is 11.4 Å². The smallest absolute Gasteiger partial charge is 0.276 e. The number of hydrogen-bond donors (Lipinski definition) is 2. The summed E-state index contributed by atoms with van der Waals surface area (Å²) in [5, 5.41) is 4.25. The van der Waals surface area contributed by atoms with E-state index in [1.165, 1.54) is 0 Å². The minimum Gasteiger partial charge on any atom is -0.319 e. The molecule has 2 N–H and O–H groups in total. The molecule has 29 heavy (non-hydrogen) atoms. The van der Waals surface area contributed by atoms with Crippen LogP contribution in [-0.4, -0.2) is 21.5 Å². The number of para-hydroxylation sites is 3. The van der Waals surface area contributed by atoms with Crippen LogP contribution in [0.3, 0.4) is 0 Å². The Morgan fingerprint density at radius 3 is 2.38 bits per heavy atom. The molecule has 4 aromatic rings. The zero-order valence-corrected chi connectivity index (χ0v) is 16.7. The van der Waals surface area contributed by atoms with E-state index < -0.39 is 11.3 Å². The Morgan fingerprint density at radius 1 is 0.931 bits per heavy atom. The largest absolute Gasteiger partial charge is 0.319 e. The zero-order valence-electron chi connectivity index (χ0n) is 15.1. The molecule has 0 atom stereocenters. The van der Waals surface area contributed by atoms with Crippen molar-refractivity contribution < 1.29 is 4.79 Å². The molecule has 0 aliphatic rings. The number of anilines is 1. The minimum absolute atomic E-state index is 0.0416. The van der Waals surface area contributed by atoms with E-state index in [0.717, 1.165) is 4.47 Å². The highest BCUT2D eigenvalue weighted by atomic mass is 79.9. The number of aromatic nitrogens is 2. The highest BCUT2D eigenvalue weighted by Crippen LogP contribution is 2.14. The number of nitrogens with zero attached hydrogens (tertiary/aromatic N) is 2. The first-order valence-electron chi connectivity index (χ1n) is 8.80. The van der Waals surface area contributed by atoms with Gasteiger partial charge < -0.3 is 4.98 Å². The second-order valence-electron chi connectivity index (χ2n) is 6.21. The second kappa shape index (κ2) is 8.20. The Labute approximate surface area is 174 Å². The second-order valence-corrected chi connectivity index (χ2v) is 7.12. The molecule has 4 rings (SSSR count). The first-order valence-corrected chi connectivity index (χ1v) is 9.59. The summed E-state index contributed by atoms with van der Waals surface area (Å²) in [4.78, 5) is 33.0. The van der Waals surface area contributed by atoms with Crippen molar-refractivity contribution in [1.29, 1.82) is 0 Å². The summed E-state index contributed by atoms with van der Waals surface area (Å²) in [6.45, 7) is 0. The summed E-state index contributed by atoms with van der Waals surface area (Å²) >= 11 is 3.36. The van der Waals surface area contributed by atoms with Crippen molar-refractivity contribution in [2.45, 2.75) is 0 Å². The lowest BCUT2D eigenvalue weighted by Gasteiger charge is -2.08. The Hall–Kier alpha value is -3.58. The molecule has 0 aliphatic carbocycles. The standard InChI is InChI=1S/C22H15BrN4O2/c23-15-12-10-14(11-13-15)21(28)19(27-26-16-6-2-1-3-7-16)20-22(29)25-18-9-5-4-8-17(18)24-20/h1-13,26H,(H,25,29)/b27-19+. The number of aromatic amines is 1. The zero-order chi connectivity index (χ0) is 20.2. The van der Waals surface area contributed by atoms with Gasteiger partial charge >= 0.3 is 0 Å². The monoisotopic (exact) mass is 446 g/mol. The Morgan fingerprint density at radius 2 is 1.62 bits per heavy atom. The maximum absolute atomic E-state index is 13.2. The van der Waals surface area contributed by atoms with Gasteiger partial charge in [-0.15, -0.1) is 0 Å². The predicted molar refractivity (Wildman–Crippen MR) is 117 cm³/mol. The highest BCUT2D eigenvalue weighted by Gasteiger charge is 2.22. The van der Waals surface area contributed by atoms with Crippen LogP contribution in [-0.2, 0) is 0 Å². The van der Waals surface area contributed by atoms with Gasteiger partial charge in [0.1, 0.15) is 0 Å². The van der Waals surface area contributed by atoms with E-state index in [2.05, 4.69) is 36.4 Å². The number of H-pyrrole nitrogens is 1. The van der Waals surface area contributed by atoms with E-state index >= 15 is 0 Å². The topological polar surface area (TPSA) is 87.2 Å². The van der Waals surface area contributed by atoms with Crippen LogP contribution >= 0.6 is 15.9 Å². The average molecular weight is 447 g/mol. The van der Waals surface area contributed by atoms with Crippen LogP contribution in [0.1, 0.15) is 16.1 Å². The van der Waals surface area contributed by atoms with Crippen molar-refractivity contribution in [3.05, 3.63) is 105 Å². The average Bonchev–Trinajstić information content (AvgIpc) is 2.75. The lowest BCUT2D eigenvalue weighted by Crippen LogP contribution is -2.27. The van der Waals surface area contributed by atoms with Gasteiger partial charge in [0, 0.05) is 10.0 Å². The van der Waals surface area contributed by atoms with Gasteiger partial charge in [-0.25, -0.2) is 4.98 Å². The van der Waals surface area contributed by atoms with Gasteiger partial charge in [-0.3, -0.25) is 15.0 Å². The molecule has 0 unspecified atom stereocenters. The van der Waals surface area contributed by atoms with Gasteiger partial charge in [0.05, 0.1) is 16.7 Å². The number of Topliss-reactive ketones (excluding diaryl/α,β-unsaturated/α-hetero) is 1. The van der Waals surface area contributed by atoms with Gasteiger partial charge in [-0.1, -0.05) is 46.3 Å². The molecule has 0 bridgehead atoms. The molecular weight excluding hydrogens is 432 g/mol. The summed E-state index contributed by atoms with van der Waals surface area (Å²) in [6.07, 6.45) is 0. The Bertz CT molecular complexity index is 1270. The quantitative estimate of drug-likeness (QED) is 0.270. The summed E-state index contributed by atoms with van der Waals surface area (Å²) < 4.78 is 0.844. The molecule has 3 aromatic carbocycles. The van der Waals surface area contributed by atoms with Gasteiger partial charge in [0.25, 0.3) is 5.56 Å². The lowest BCUT2D eigenvalue weighted by atomic mass is 10.0. The predicted octanol–water partition coefficient (Wildman–Crippen LogP) is 4.38. The number of fused-ring (bicyclic) bond motifs is 1. The van der Waals surface area contributed by atoms with Crippen LogP contribution in [0.4, 0.5) is 5.69 Å². The summed E-state index contributed by atoms with van der Waals surface area (Å²) in [5.74, 6) is -0.408. The third kappa shape index (κ3) is 4.14. The number of hydrogen-bond acceptors (Lipinski definition) is 5. The van der Waals surface area contributed by atoms with Crippen LogP contribution in [0.2, 0.25) is 0 Å². The molecule has 0 saturated heterocycles. The maximum atomic E-state index is 13.2. The minimum atomic E-state index is -0.484. The molecule has 0 aliphatic heterocycles. The van der Waals surface area contributed by atoms with E-state index in [0.29, 0.717) is 22.3 Å². The maximum Gasteiger partial charge on any atom is 0.276 e. The first-order chi connectivity index (χ1) is 14.1. The van der Waals surface area contributed by atoms with E-state index in [1.54, 1.807) is 42.5 Å². The summed E-state index contributed by atoms with van der Waals surface area (Å²) in [6, 6.07) is 23.2. The van der Waals surface area contributed by atoms with Gasteiger partial charge in [0.2, 0.25) is 5.78 Å². The third-order valence-corrected chi connectivity index (χ3v) is 4.74. The number of nitrogens with one attached hydrogen (secondary N) is 2.